The number of aliphatic hydroxyl groups is 2. The minimum absolute atomic E-state index is 0. The molecule has 1 amide bonds. The van der Waals surface area contributed by atoms with Gasteiger partial charge in [0, 0.05) is 38.8 Å². The van der Waals surface area contributed by atoms with Crippen molar-refractivity contribution in [3.05, 3.63) is 32.6 Å². The number of nitrogens with zero attached hydrogens (tertiary/aromatic N) is 2. The molecule has 28 heavy (non-hydrogen) atoms. The molecule has 11 heteroatoms. The molecule has 3 heterocycles. The van der Waals surface area contributed by atoms with Gasteiger partial charge < -0.3 is 25.0 Å². The zero-order chi connectivity index (χ0) is 19.4. The Morgan fingerprint density at radius 3 is 2.68 bits per heavy atom. The number of nitrogens with one attached hydrogen (secondary N) is 2. The smallest absolute Gasteiger partial charge is 0.330 e. The first-order valence-corrected chi connectivity index (χ1v) is 8.87. The average molecular weight is 400 g/mol. The topological polar surface area (TPSA) is 146 Å². The van der Waals surface area contributed by atoms with Crippen LogP contribution in [0, 0.1) is 0 Å². The monoisotopic (exact) mass is 400 g/mol. The summed E-state index contributed by atoms with van der Waals surface area (Å²) in [6, 6.07) is 0. The van der Waals surface area contributed by atoms with Crippen LogP contribution in [-0.4, -0.2) is 88.8 Å². The first kappa shape index (κ1) is 22.2. The Balaban J connectivity index is 0.00000280. The molecule has 1 unspecified atom stereocenters. The number of morpholine rings is 1. The van der Waals surface area contributed by atoms with Gasteiger partial charge in [0.25, 0.3) is 11.5 Å². The van der Waals surface area contributed by atoms with Crippen LogP contribution < -0.4 is 16.6 Å². The highest BCUT2D eigenvalue weighted by atomic mass is 16.5. The molecule has 11 nitrogen and oxygen atoms in total. The molecule has 0 aliphatic carbocycles. The summed E-state index contributed by atoms with van der Waals surface area (Å²) in [4.78, 5) is 40.6. The number of rotatable bonds is 6. The lowest BCUT2D eigenvalue weighted by atomic mass is 10.2. The van der Waals surface area contributed by atoms with Crippen LogP contribution in [0.2, 0.25) is 0 Å². The fourth-order valence-corrected chi connectivity index (χ4v) is 3.16. The molecule has 4 N–H and O–H groups in total. The molecule has 1 aromatic heterocycles. The third kappa shape index (κ3) is 5.06. The second-order valence-electron chi connectivity index (χ2n) is 6.53. The normalized spacial score (nSPS) is 25.3. The van der Waals surface area contributed by atoms with E-state index in [-0.39, 0.29) is 19.4 Å². The van der Waals surface area contributed by atoms with E-state index < -0.39 is 42.2 Å². The van der Waals surface area contributed by atoms with Crippen molar-refractivity contribution in [1.29, 1.82) is 0 Å². The van der Waals surface area contributed by atoms with Crippen LogP contribution in [0.4, 0.5) is 0 Å². The van der Waals surface area contributed by atoms with Gasteiger partial charge in [-0.05, 0) is 0 Å². The van der Waals surface area contributed by atoms with Gasteiger partial charge in [-0.25, -0.2) is 4.79 Å². The van der Waals surface area contributed by atoms with Crippen LogP contribution in [-0.2, 0) is 9.47 Å². The summed E-state index contributed by atoms with van der Waals surface area (Å²) in [7, 11) is 0. The van der Waals surface area contributed by atoms with Gasteiger partial charge in [-0.3, -0.25) is 24.0 Å². The molecule has 1 aromatic rings. The quantitative estimate of drug-likeness (QED) is 0.424. The fraction of sp³-hybridized carbons (Fsp3) is 0.706. The van der Waals surface area contributed by atoms with Crippen molar-refractivity contribution >= 4 is 5.91 Å². The van der Waals surface area contributed by atoms with Crippen LogP contribution in [0.25, 0.3) is 0 Å². The maximum Gasteiger partial charge on any atom is 0.330 e. The van der Waals surface area contributed by atoms with Crippen molar-refractivity contribution < 1.29 is 24.5 Å². The third-order valence-corrected chi connectivity index (χ3v) is 4.72. The van der Waals surface area contributed by atoms with E-state index in [9.17, 15) is 19.5 Å². The van der Waals surface area contributed by atoms with E-state index in [0.717, 1.165) is 23.9 Å². The summed E-state index contributed by atoms with van der Waals surface area (Å²) in [6.45, 7) is 3.46. The van der Waals surface area contributed by atoms with Gasteiger partial charge in [-0.1, -0.05) is 7.43 Å². The largest absolute Gasteiger partial charge is 0.394 e. The van der Waals surface area contributed by atoms with Gasteiger partial charge in [-0.2, -0.15) is 0 Å². The number of hydrogen-bond donors (Lipinski definition) is 4. The van der Waals surface area contributed by atoms with E-state index in [1.54, 1.807) is 0 Å². The summed E-state index contributed by atoms with van der Waals surface area (Å²) in [5.41, 5.74) is -1.76. The first-order chi connectivity index (χ1) is 13.0. The van der Waals surface area contributed by atoms with Crippen LogP contribution in [0.1, 0.15) is 30.4 Å². The van der Waals surface area contributed by atoms with E-state index in [1.807, 2.05) is 0 Å². The number of hydrogen-bond acceptors (Lipinski definition) is 8. The molecule has 2 fully saturated rings. The molecule has 158 valence electrons. The maximum atomic E-state index is 12.4. The van der Waals surface area contributed by atoms with Gasteiger partial charge in [0.2, 0.25) is 0 Å². The molecule has 2 aliphatic heterocycles. The summed E-state index contributed by atoms with van der Waals surface area (Å²) in [5, 5.41) is 21.6. The number of carbonyl (C=O) groups is 1. The number of ether oxygens (including phenoxy) is 2. The number of carbonyl (C=O) groups excluding carboxylic acids is 1. The van der Waals surface area contributed by atoms with Crippen LogP contribution in [0.15, 0.2) is 15.8 Å². The number of aromatic amines is 1. The van der Waals surface area contributed by atoms with Crippen molar-refractivity contribution in [1.82, 2.24) is 19.8 Å². The zero-order valence-corrected chi connectivity index (χ0v) is 14.8. The Labute approximate surface area is 161 Å². The number of amides is 1. The van der Waals surface area contributed by atoms with Gasteiger partial charge in [-0.15, -0.1) is 0 Å². The highest BCUT2D eigenvalue weighted by Gasteiger charge is 2.35. The van der Waals surface area contributed by atoms with Gasteiger partial charge in [0.1, 0.15) is 17.9 Å². The van der Waals surface area contributed by atoms with Crippen LogP contribution >= 0.6 is 0 Å². The molecule has 3 atom stereocenters. The van der Waals surface area contributed by atoms with Crippen molar-refractivity contribution in [2.45, 2.75) is 32.3 Å². The Morgan fingerprint density at radius 1 is 1.32 bits per heavy atom. The SMILES string of the molecule is C.O=C(NCCN1CCOCC1)c1cn([C@H]2CC(O)[C@@H](CO)O2)c(=O)[nH]c1=O. The van der Waals surface area contributed by atoms with Crippen LogP contribution in [0.3, 0.4) is 0 Å². The lowest BCUT2D eigenvalue weighted by Gasteiger charge is -2.26. The molecule has 0 bridgehead atoms. The van der Waals surface area contributed by atoms with E-state index in [1.165, 1.54) is 0 Å². The van der Waals surface area contributed by atoms with E-state index in [4.69, 9.17) is 14.6 Å². The Morgan fingerprint density at radius 2 is 2.04 bits per heavy atom. The average Bonchev–Trinajstić information content (AvgIpc) is 3.03. The Bertz CT molecular complexity index is 772. The summed E-state index contributed by atoms with van der Waals surface area (Å²) < 4.78 is 11.7. The maximum absolute atomic E-state index is 12.4. The molecular formula is C17H28N4O7. The van der Waals surface area contributed by atoms with Gasteiger partial charge in [0.15, 0.2) is 0 Å². The molecule has 0 saturated carbocycles. The van der Waals surface area contributed by atoms with E-state index >= 15 is 0 Å². The minimum atomic E-state index is -0.940. The molecular weight excluding hydrogens is 372 g/mol. The van der Waals surface area contributed by atoms with Gasteiger partial charge >= 0.3 is 5.69 Å². The van der Waals surface area contributed by atoms with Crippen molar-refractivity contribution in [2.24, 2.45) is 0 Å². The predicted octanol–water partition coefficient (Wildman–Crippen LogP) is -2.12. The highest BCUT2D eigenvalue weighted by Crippen LogP contribution is 2.27. The van der Waals surface area contributed by atoms with Crippen molar-refractivity contribution in [3.63, 3.8) is 0 Å². The summed E-state index contributed by atoms with van der Waals surface area (Å²) in [5.74, 6) is -0.601. The zero-order valence-electron chi connectivity index (χ0n) is 14.8. The van der Waals surface area contributed by atoms with E-state index in [2.05, 4.69) is 15.2 Å². The fourth-order valence-electron chi connectivity index (χ4n) is 3.16. The number of H-pyrrole nitrogens is 1. The molecule has 2 saturated heterocycles. The minimum Gasteiger partial charge on any atom is -0.394 e. The standard InChI is InChI=1S/C16H24N4O7.CH4/c21-9-12-11(22)7-13(27-12)20-8-10(15(24)18-16(20)25)14(23)17-1-2-19-3-5-26-6-4-19;/h8,11-13,21-22H,1-7,9H2,(H,17,23)(H,18,24,25);1H4/t11?,12-,13-;/m1./s1. The second-order valence-corrected chi connectivity index (χ2v) is 6.53. The third-order valence-electron chi connectivity index (χ3n) is 4.72. The summed E-state index contributed by atoms with van der Waals surface area (Å²) in [6.07, 6.45) is -1.44. The van der Waals surface area contributed by atoms with Gasteiger partial charge in [0.05, 0.1) is 25.9 Å². The Hall–Kier alpha value is -2.05. The number of aliphatic hydroxyl groups excluding tert-OH is 2. The van der Waals surface area contributed by atoms with Crippen molar-refractivity contribution in [3.8, 4) is 0 Å². The number of aromatic nitrogens is 2. The summed E-state index contributed by atoms with van der Waals surface area (Å²) >= 11 is 0. The highest BCUT2D eigenvalue weighted by molar-refractivity contribution is 5.93. The van der Waals surface area contributed by atoms with E-state index in [0.29, 0.717) is 26.3 Å². The molecule has 2 aliphatic rings. The van der Waals surface area contributed by atoms with Crippen LogP contribution in [0.5, 0.6) is 0 Å². The second kappa shape index (κ2) is 9.94. The molecule has 3 rings (SSSR count). The predicted molar refractivity (Wildman–Crippen MR) is 99.3 cm³/mol. The first-order valence-electron chi connectivity index (χ1n) is 8.87. The van der Waals surface area contributed by atoms with Crippen molar-refractivity contribution in [2.75, 3.05) is 46.0 Å². The lowest BCUT2D eigenvalue weighted by molar-refractivity contribution is -0.0459. The molecule has 0 spiro atoms. The Kier molecular flexibility index (Phi) is 7.89. The lowest BCUT2D eigenvalue weighted by Crippen LogP contribution is -2.43. The molecule has 0 aromatic carbocycles. The molecule has 0 radical (unpaired) electrons.